The van der Waals surface area contributed by atoms with Gasteiger partial charge in [-0.3, -0.25) is 0 Å². The van der Waals surface area contributed by atoms with Gasteiger partial charge >= 0.3 is 7.12 Å². The van der Waals surface area contributed by atoms with E-state index in [0.717, 1.165) is 5.46 Å². The third-order valence-electron chi connectivity index (χ3n) is 4.32. The van der Waals surface area contributed by atoms with Crippen LogP contribution in [-0.4, -0.2) is 28.3 Å². The molecule has 0 radical (unpaired) electrons. The van der Waals surface area contributed by atoms with Crippen LogP contribution < -0.4 is 5.46 Å². The molecular formula is C16H17BCl2N2O2. The Balaban J connectivity index is 1.99. The minimum Gasteiger partial charge on any atom is -0.399 e. The molecule has 7 heteroatoms. The van der Waals surface area contributed by atoms with E-state index >= 15 is 0 Å². The number of pyridine rings is 2. The van der Waals surface area contributed by atoms with Gasteiger partial charge < -0.3 is 9.31 Å². The van der Waals surface area contributed by atoms with Gasteiger partial charge in [0, 0.05) is 0 Å². The van der Waals surface area contributed by atoms with E-state index in [1.54, 1.807) is 12.1 Å². The fraction of sp³-hybridized carbons (Fsp3) is 0.375. The molecule has 0 aliphatic carbocycles. The van der Waals surface area contributed by atoms with Crippen molar-refractivity contribution in [3.63, 3.8) is 0 Å². The predicted molar refractivity (Wildman–Crippen MR) is 93.2 cm³/mol. The number of hydrogen-bond donors (Lipinski definition) is 0. The van der Waals surface area contributed by atoms with Crippen LogP contribution in [0, 0.1) is 0 Å². The molecule has 0 aromatic carbocycles. The Hall–Kier alpha value is -1.14. The van der Waals surface area contributed by atoms with E-state index in [9.17, 15) is 0 Å². The largest absolute Gasteiger partial charge is 0.495 e. The molecule has 4 nitrogen and oxygen atoms in total. The van der Waals surface area contributed by atoms with Crippen LogP contribution in [0.2, 0.25) is 10.3 Å². The van der Waals surface area contributed by atoms with E-state index < -0.39 is 18.3 Å². The number of rotatable bonds is 2. The third kappa shape index (κ3) is 3.24. The molecule has 0 amide bonds. The molecule has 1 fully saturated rings. The summed E-state index contributed by atoms with van der Waals surface area (Å²) in [6, 6.07) is 8.98. The Labute approximate surface area is 146 Å². The average molecular weight is 351 g/mol. The zero-order valence-electron chi connectivity index (χ0n) is 13.4. The highest BCUT2D eigenvalue weighted by molar-refractivity contribution is 6.62. The van der Waals surface area contributed by atoms with E-state index in [-0.39, 0.29) is 0 Å². The number of halogens is 2. The van der Waals surface area contributed by atoms with Crippen molar-refractivity contribution in [1.29, 1.82) is 0 Å². The number of nitrogens with zero attached hydrogens (tertiary/aromatic N) is 2. The van der Waals surface area contributed by atoms with Gasteiger partial charge in [0.15, 0.2) is 0 Å². The molecule has 0 bridgehead atoms. The Bertz CT molecular complexity index is 737. The molecular weight excluding hydrogens is 334 g/mol. The second-order valence-corrected chi connectivity index (χ2v) is 7.32. The molecule has 1 saturated heterocycles. The Morgan fingerprint density at radius 3 is 2.09 bits per heavy atom. The highest BCUT2D eigenvalue weighted by atomic mass is 35.5. The second kappa shape index (κ2) is 5.74. The summed E-state index contributed by atoms with van der Waals surface area (Å²) in [7, 11) is -0.501. The standard InChI is InChI=1S/C16H17BCl2N2O2/c1-15(2)16(3,4)23-17(22-15)10-8-12(21-14(19)9-10)11-6-5-7-13(18)20-11/h5-9H,1-4H3. The normalized spacial score (nSPS) is 19.1. The first-order chi connectivity index (χ1) is 10.7. The number of hydrogen-bond acceptors (Lipinski definition) is 4. The van der Waals surface area contributed by atoms with Crippen molar-refractivity contribution in [2.45, 2.75) is 38.9 Å². The molecule has 0 unspecified atom stereocenters. The van der Waals surface area contributed by atoms with Crippen molar-refractivity contribution in [2.75, 3.05) is 0 Å². The molecule has 3 rings (SSSR count). The van der Waals surface area contributed by atoms with Crippen LogP contribution in [0.5, 0.6) is 0 Å². The Morgan fingerprint density at radius 2 is 1.48 bits per heavy atom. The van der Waals surface area contributed by atoms with Gasteiger partial charge in [0.1, 0.15) is 10.3 Å². The highest BCUT2D eigenvalue weighted by Crippen LogP contribution is 2.36. The first-order valence-electron chi connectivity index (χ1n) is 7.34. The summed E-state index contributed by atoms with van der Waals surface area (Å²) < 4.78 is 12.1. The fourth-order valence-corrected chi connectivity index (χ4v) is 2.69. The lowest BCUT2D eigenvalue weighted by molar-refractivity contribution is 0.00578. The van der Waals surface area contributed by atoms with Crippen LogP contribution in [0.1, 0.15) is 27.7 Å². The van der Waals surface area contributed by atoms with Crippen LogP contribution >= 0.6 is 23.2 Å². The monoisotopic (exact) mass is 350 g/mol. The molecule has 0 N–H and O–H groups in total. The van der Waals surface area contributed by atoms with E-state index in [1.165, 1.54) is 0 Å². The van der Waals surface area contributed by atoms with Crippen LogP contribution in [0.25, 0.3) is 11.4 Å². The lowest BCUT2D eigenvalue weighted by Gasteiger charge is -2.32. The van der Waals surface area contributed by atoms with Crippen LogP contribution in [-0.2, 0) is 9.31 Å². The first kappa shape index (κ1) is 16.7. The van der Waals surface area contributed by atoms with Crippen molar-refractivity contribution < 1.29 is 9.31 Å². The van der Waals surface area contributed by atoms with Crippen LogP contribution in [0.3, 0.4) is 0 Å². The predicted octanol–water partition coefficient (Wildman–Crippen LogP) is 3.75. The van der Waals surface area contributed by atoms with Gasteiger partial charge in [-0.1, -0.05) is 29.3 Å². The summed E-state index contributed by atoms with van der Waals surface area (Å²) in [6.07, 6.45) is 0. The van der Waals surface area contributed by atoms with E-state index in [2.05, 4.69) is 9.97 Å². The van der Waals surface area contributed by atoms with Gasteiger partial charge in [0.2, 0.25) is 0 Å². The quantitative estimate of drug-likeness (QED) is 0.611. The van der Waals surface area contributed by atoms with Crippen molar-refractivity contribution in [3.8, 4) is 11.4 Å². The van der Waals surface area contributed by atoms with Crippen molar-refractivity contribution in [1.82, 2.24) is 9.97 Å². The van der Waals surface area contributed by atoms with Gasteiger partial charge in [-0.2, -0.15) is 0 Å². The topological polar surface area (TPSA) is 44.2 Å². The minimum absolute atomic E-state index is 0.356. The fourth-order valence-electron chi connectivity index (χ4n) is 2.31. The van der Waals surface area contributed by atoms with Gasteiger partial charge in [-0.05, 0) is 57.4 Å². The molecule has 0 saturated carbocycles. The Kier molecular flexibility index (Phi) is 4.17. The maximum Gasteiger partial charge on any atom is 0.495 e. The maximum atomic E-state index is 6.18. The zero-order chi connectivity index (χ0) is 16.8. The van der Waals surface area contributed by atoms with E-state index in [1.807, 2.05) is 45.9 Å². The van der Waals surface area contributed by atoms with Gasteiger partial charge in [0.25, 0.3) is 0 Å². The van der Waals surface area contributed by atoms with Crippen molar-refractivity contribution in [3.05, 3.63) is 40.6 Å². The summed E-state index contributed by atoms with van der Waals surface area (Å²) >= 11 is 12.1. The Morgan fingerprint density at radius 1 is 0.870 bits per heavy atom. The minimum atomic E-state index is -0.501. The third-order valence-corrected chi connectivity index (χ3v) is 4.72. The highest BCUT2D eigenvalue weighted by Gasteiger charge is 2.51. The molecule has 0 spiro atoms. The summed E-state index contributed by atoms with van der Waals surface area (Å²) in [5.41, 5.74) is 1.26. The second-order valence-electron chi connectivity index (χ2n) is 6.54. The molecule has 0 atom stereocenters. The molecule has 2 aromatic heterocycles. The zero-order valence-corrected chi connectivity index (χ0v) is 14.9. The lowest BCUT2D eigenvalue weighted by atomic mass is 9.79. The van der Waals surface area contributed by atoms with Gasteiger partial charge in [0.05, 0.1) is 22.6 Å². The van der Waals surface area contributed by atoms with E-state index in [0.29, 0.717) is 21.7 Å². The molecule has 1 aliphatic rings. The lowest BCUT2D eigenvalue weighted by Crippen LogP contribution is -2.41. The molecule has 2 aromatic rings. The van der Waals surface area contributed by atoms with Crippen molar-refractivity contribution in [2.24, 2.45) is 0 Å². The summed E-state index contributed by atoms with van der Waals surface area (Å²) in [4.78, 5) is 8.59. The maximum absolute atomic E-state index is 6.18. The van der Waals surface area contributed by atoms with Crippen LogP contribution in [0.15, 0.2) is 30.3 Å². The SMILES string of the molecule is CC1(C)OB(c2cc(Cl)nc(-c3cccc(Cl)n3)c2)OC1(C)C. The van der Waals surface area contributed by atoms with Crippen molar-refractivity contribution >= 4 is 35.8 Å². The van der Waals surface area contributed by atoms with Crippen LogP contribution in [0.4, 0.5) is 0 Å². The summed E-state index contributed by atoms with van der Waals surface area (Å²) in [5.74, 6) is 0. The first-order valence-corrected chi connectivity index (χ1v) is 8.10. The van der Waals surface area contributed by atoms with Gasteiger partial charge in [-0.25, -0.2) is 9.97 Å². The average Bonchev–Trinajstić information content (AvgIpc) is 2.67. The summed E-state index contributed by atoms with van der Waals surface area (Å²) in [6.45, 7) is 8.04. The van der Waals surface area contributed by atoms with E-state index in [4.69, 9.17) is 32.5 Å². The molecule has 120 valence electrons. The smallest absolute Gasteiger partial charge is 0.399 e. The molecule has 3 heterocycles. The molecule has 23 heavy (non-hydrogen) atoms. The summed E-state index contributed by atoms with van der Waals surface area (Å²) in [5, 5.41) is 0.760. The van der Waals surface area contributed by atoms with Gasteiger partial charge in [-0.15, -0.1) is 0 Å². The molecule has 1 aliphatic heterocycles. The number of aromatic nitrogens is 2.